The van der Waals surface area contributed by atoms with E-state index < -0.39 is 10.0 Å². The molecule has 5 nitrogen and oxygen atoms in total. The first kappa shape index (κ1) is 21.0. The second-order valence-electron chi connectivity index (χ2n) is 7.04. The van der Waals surface area contributed by atoms with Gasteiger partial charge in [-0.1, -0.05) is 41.4 Å². The van der Waals surface area contributed by atoms with E-state index in [0.717, 1.165) is 16.3 Å². The lowest BCUT2D eigenvalue weighted by molar-refractivity contribution is -0.123. The zero-order chi connectivity index (χ0) is 20.6. The Kier molecular flexibility index (Phi) is 6.14. The molecule has 1 saturated heterocycles. The molecule has 2 aliphatic rings. The molecule has 2 aromatic rings. The second kappa shape index (κ2) is 8.47. The molecule has 1 fully saturated rings. The van der Waals surface area contributed by atoms with Crippen molar-refractivity contribution in [2.45, 2.75) is 22.6 Å². The smallest absolute Gasteiger partial charge is 0.246 e. The summed E-state index contributed by atoms with van der Waals surface area (Å²) in [6.45, 7) is 1.21. The van der Waals surface area contributed by atoms with Crippen molar-refractivity contribution in [3.63, 3.8) is 0 Å². The van der Waals surface area contributed by atoms with Crippen LogP contribution in [0.25, 0.3) is 0 Å². The van der Waals surface area contributed by atoms with Gasteiger partial charge in [-0.25, -0.2) is 8.42 Å². The first-order valence-corrected chi connectivity index (χ1v) is 12.5. The molecule has 2 aliphatic heterocycles. The Labute approximate surface area is 185 Å². The van der Waals surface area contributed by atoms with Gasteiger partial charge >= 0.3 is 0 Å². The normalized spacial score (nSPS) is 18.5. The van der Waals surface area contributed by atoms with Crippen LogP contribution in [0.15, 0.2) is 52.3 Å². The van der Waals surface area contributed by atoms with Gasteiger partial charge in [0.1, 0.15) is 4.90 Å². The average Bonchev–Trinajstić information content (AvgIpc) is 2.72. The monoisotopic (exact) mass is 470 g/mol. The predicted molar refractivity (Wildman–Crippen MR) is 117 cm³/mol. The van der Waals surface area contributed by atoms with E-state index in [2.05, 4.69) is 0 Å². The molecule has 0 radical (unpaired) electrons. The number of hydrogen-bond acceptors (Lipinski definition) is 4. The van der Waals surface area contributed by atoms with E-state index in [1.807, 2.05) is 29.2 Å². The lowest BCUT2D eigenvalue weighted by Gasteiger charge is -2.35. The molecule has 0 unspecified atom stereocenters. The van der Waals surface area contributed by atoms with Gasteiger partial charge in [0.2, 0.25) is 15.9 Å². The Bertz CT molecular complexity index is 1020. The number of sulfonamides is 1. The maximum atomic E-state index is 13.2. The zero-order valence-electron chi connectivity index (χ0n) is 15.6. The van der Waals surface area contributed by atoms with Crippen LogP contribution >= 0.6 is 35.0 Å². The molecule has 0 aliphatic carbocycles. The summed E-state index contributed by atoms with van der Waals surface area (Å²) in [5, 5.41) is 0.219. The number of thioether (sulfide) groups is 1. The van der Waals surface area contributed by atoms with Crippen LogP contribution in [0, 0.1) is 5.92 Å². The molecule has 9 heteroatoms. The number of amides is 1. The van der Waals surface area contributed by atoms with Crippen molar-refractivity contribution in [3.05, 3.63) is 52.5 Å². The quantitative estimate of drug-likeness (QED) is 0.660. The summed E-state index contributed by atoms with van der Waals surface area (Å²) in [4.78, 5) is 16.1. The highest BCUT2D eigenvalue weighted by molar-refractivity contribution is 7.99. The molecule has 4 rings (SSSR count). The molecular formula is C20H20Cl2N2O3S2. The van der Waals surface area contributed by atoms with E-state index in [-0.39, 0.29) is 39.9 Å². The van der Waals surface area contributed by atoms with E-state index in [0.29, 0.717) is 19.4 Å². The minimum Gasteiger partial charge on any atom is -0.310 e. The number of para-hydroxylation sites is 1. The van der Waals surface area contributed by atoms with Crippen LogP contribution in [-0.2, 0) is 14.8 Å². The lowest BCUT2D eigenvalue weighted by Crippen LogP contribution is -2.45. The van der Waals surface area contributed by atoms with Crippen LogP contribution in [0.1, 0.15) is 12.8 Å². The number of hydrogen-bond donors (Lipinski definition) is 0. The summed E-state index contributed by atoms with van der Waals surface area (Å²) in [5.41, 5.74) is 0.951. The van der Waals surface area contributed by atoms with E-state index in [1.165, 1.54) is 16.4 Å². The molecule has 0 N–H and O–H groups in total. The molecular weight excluding hydrogens is 451 g/mol. The van der Waals surface area contributed by atoms with Crippen LogP contribution in [0.2, 0.25) is 10.0 Å². The minimum atomic E-state index is -3.80. The minimum absolute atomic E-state index is 0.0601. The van der Waals surface area contributed by atoms with Gasteiger partial charge in [-0.15, -0.1) is 11.8 Å². The highest BCUT2D eigenvalue weighted by Crippen LogP contribution is 2.37. The Hall–Kier alpha value is -1.25. The van der Waals surface area contributed by atoms with Gasteiger partial charge in [0.05, 0.1) is 15.7 Å². The SMILES string of the molecule is O=C(C1CCN(S(=O)(=O)c2c(Cl)cccc2Cl)CC1)N1CCSc2ccccc21. The number of piperidine rings is 1. The molecule has 154 valence electrons. The third-order valence-corrected chi connectivity index (χ3v) is 9.21. The first-order valence-electron chi connectivity index (χ1n) is 9.37. The molecule has 29 heavy (non-hydrogen) atoms. The Morgan fingerprint density at radius 2 is 1.62 bits per heavy atom. The second-order valence-corrected chi connectivity index (χ2v) is 10.9. The van der Waals surface area contributed by atoms with E-state index in [1.54, 1.807) is 17.8 Å². The van der Waals surface area contributed by atoms with Gasteiger partial charge in [-0.3, -0.25) is 4.79 Å². The van der Waals surface area contributed by atoms with Crippen molar-refractivity contribution < 1.29 is 13.2 Å². The van der Waals surface area contributed by atoms with E-state index >= 15 is 0 Å². The zero-order valence-corrected chi connectivity index (χ0v) is 18.7. The third kappa shape index (κ3) is 4.03. The average molecular weight is 471 g/mol. The summed E-state index contributed by atoms with van der Waals surface area (Å²) in [6, 6.07) is 12.6. The number of nitrogens with zero attached hydrogens (tertiary/aromatic N) is 2. The molecule has 0 bridgehead atoms. The summed E-state index contributed by atoms with van der Waals surface area (Å²) in [7, 11) is -3.80. The molecule has 0 saturated carbocycles. The van der Waals surface area contributed by atoms with Gasteiger partial charge in [0, 0.05) is 36.2 Å². The number of benzene rings is 2. The Morgan fingerprint density at radius 3 is 2.31 bits per heavy atom. The van der Waals surface area contributed by atoms with Gasteiger partial charge in [-0.2, -0.15) is 4.31 Å². The van der Waals surface area contributed by atoms with Gasteiger partial charge in [0.25, 0.3) is 0 Å². The number of fused-ring (bicyclic) bond motifs is 1. The van der Waals surface area contributed by atoms with E-state index in [4.69, 9.17) is 23.2 Å². The molecule has 2 aromatic carbocycles. The predicted octanol–water partition coefficient (Wildman–Crippen LogP) is 4.53. The van der Waals surface area contributed by atoms with Crippen molar-refractivity contribution in [3.8, 4) is 0 Å². The summed E-state index contributed by atoms with van der Waals surface area (Å²) in [6.07, 6.45) is 0.956. The Balaban J connectivity index is 1.48. The molecule has 2 heterocycles. The fourth-order valence-corrected chi connectivity index (χ4v) is 7.38. The van der Waals surface area contributed by atoms with Crippen LogP contribution in [0.4, 0.5) is 5.69 Å². The van der Waals surface area contributed by atoms with Gasteiger partial charge < -0.3 is 4.90 Å². The van der Waals surface area contributed by atoms with Crippen molar-refractivity contribution in [2.24, 2.45) is 5.92 Å². The van der Waals surface area contributed by atoms with Crippen LogP contribution in [-0.4, -0.2) is 44.0 Å². The molecule has 0 aromatic heterocycles. The van der Waals surface area contributed by atoms with Gasteiger partial charge in [-0.05, 0) is 37.1 Å². The van der Waals surface area contributed by atoms with Crippen molar-refractivity contribution in [1.82, 2.24) is 4.31 Å². The topological polar surface area (TPSA) is 57.7 Å². The number of carbonyl (C=O) groups is 1. The van der Waals surface area contributed by atoms with Crippen molar-refractivity contribution in [1.29, 1.82) is 0 Å². The molecule has 1 amide bonds. The summed E-state index contributed by atoms with van der Waals surface area (Å²) >= 11 is 14.0. The lowest BCUT2D eigenvalue weighted by atomic mass is 9.96. The molecule has 0 atom stereocenters. The molecule has 0 spiro atoms. The van der Waals surface area contributed by atoms with Crippen molar-refractivity contribution in [2.75, 3.05) is 30.3 Å². The fraction of sp³-hybridized carbons (Fsp3) is 0.350. The maximum absolute atomic E-state index is 13.2. The summed E-state index contributed by atoms with van der Waals surface area (Å²) in [5.74, 6) is 0.742. The Morgan fingerprint density at radius 1 is 0.966 bits per heavy atom. The summed E-state index contributed by atoms with van der Waals surface area (Å²) < 4.78 is 27.4. The number of anilines is 1. The van der Waals surface area contributed by atoms with Crippen LogP contribution in [0.5, 0.6) is 0 Å². The number of halogens is 2. The number of carbonyl (C=O) groups excluding carboxylic acids is 1. The largest absolute Gasteiger partial charge is 0.310 e. The first-order chi connectivity index (χ1) is 13.9. The highest BCUT2D eigenvalue weighted by Gasteiger charge is 2.36. The number of rotatable bonds is 3. The highest BCUT2D eigenvalue weighted by atomic mass is 35.5. The van der Waals surface area contributed by atoms with Gasteiger partial charge in [0.15, 0.2) is 0 Å². The van der Waals surface area contributed by atoms with Crippen LogP contribution < -0.4 is 4.90 Å². The van der Waals surface area contributed by atoms with Crippen LogP contribution in [0.3, 0.4) is 0 Å². The van der Waals surface area contributed by atoms with E-state index in [9.17, 15) is 13.2 Å². The third-order valence-electron chi connectivity index (χ3n) is 5.31. The maximum Gasteiger partial charge on any atom is 0.246 e. The fourth-order valence-electron chi connectivity index (χ4n) is 3.82. The van der Waals surface area contributed by atoms with Crippen molar-refractivity contribution >= 4 is 56.6 Å². The standard InChI is InChI=1S/C20H20Cl2N2O3S2/c21-15-4-3-5-16(22)19(15)29(26,27)23-10-8-14(9-11-23)20(25)24-12-13-28-18-7-2-1-6-17(18)24/h1-7,14H,8-13H2.